The minimum atomic E-state index is -0.927. The number of para-hydroxylation sites is 1. The molecule has 0 amide bonds. The highest BCUT2D eigenvalue weighted by molar-refractivity contribution is 5.83. The highest BCUT2D eigenvalue weighted by Crippen LogP contribution is 2.17. The standard InChI is InChI=1S/C19H24N6O5/c1-11(2)30-10-13(26)9-25-15-16(24(3)19(29)22-17(15)28)21-18(25)23-20-8-12-6-4-5-7-14(12)27/h4-8,11,13,26-27H,9-10H2,1-3H3,(H,21,23)(H,22,28,29)/b20-8-/t13-/m1/s1. The number of aromatic amines is 1. The second-order valence-corrected chi connectivity index (χ2v) is 7.00. The fraction of sp³-hybridized carbons (Fsp3) is 0.368. The van der Waals surface area contributed by atoms with Crippen molar-refractivity contribution in [3.63, 3.8) is 0 Å². The van der Waals surface area contributed by atoms with E-state index >= 15 is 0 Å². The number of phenols is 1. The number of hydrogen-bond acceptors (Lipinski definition) is 8. The monoisotopic (exact) mass is 416 g/mol. The van der Waals surface area contributed by atoms with Crippen molar-refractivity contribution < 1.29 is 14.9 Å². The molecule has 160 valence electrons. The van der Waals surface area contributed by atoms with Gasteiger partial charge in [-0.15, -0.1) is 0 Å². The number of nitrogens with zero attached hydrogens (tertiary/aromatic N) is 4. The van der Waals surface area contributed by atoms with E-state index < -0.39 is 17.4 Å². The second-order valence-electron chi connectivity index (χ2n) is 7.00. The largest absolute Gasteiger partial charge is 0.507 e. The molecule has 0 fully saturated rings. The van der Waals surface area contributed by atoms with Gasteiger partial charge in [-0.1, -0.05) is 12.1 Å². The zero-order valence-electron chi connectivity index (χ0n) is 16.9. The molecule has 0 unspecified atom stereocenters. The van der Waals surface area contributed by atoms with Crippen molar-refractivity contribution in [2.75, 3.05) is 12.0 Å². The predicted octanol–water partition coefficient (Wildman–Crippen LogP) is 0.361. The van der Waals surface area contributed by atoms with Gasteiger partial charge in [0.1, 0.15) is 5.75 Å². The van der Waals surface area contributed by atoms with Gasteiger partial charge in [-0.05, 0) is 26.0 Å². The molecule has 11 nitrogen and oxygen atoms in total. The van der Waals surface area contributed by atoms with E-state index in [-0.39, 0.29) is 42.1 Å². The number of aromatic hydroxyl groups is 1. The molecule has 0 radical (unpaired) electrons. The van der Waals surface area contributed by atoms with Crippen molar-refractivity contribution in [2.24, 2.45) is 12.1 Å². The van der Waals surface area contributed by atoms with Gasteiger partial charge in [0.05, 0.1) is 31.6 Å². The molecule has 0 bridgehead atoms. The van der Waals surface area contributed by atoms with Gasteiger partial charge in [-0.2, -0.15) is 10.1 Å². The van der Waals surface area contributed by atoms with E-state index in [2.05, 4.69) is 20.5 Å². The number of hydrogen-bond donors (Lipinski definition) is 4. The Bertz CT molecular complexity index is 1180. The van der Waals surface area contributed by atoms with E-state index in [1.807, 2.05) is 13.8 Å². The quantitative estimate of drug-likeness (QED) is 0.306. The molecule has 0 aliphatic heterocycles. The second kappa shape index (κ2) is 8.93. The van der Waals surface area contributed by atoms with Gasteiger partial charge in [0.15, 0.2) is 11.2 Å². The lowest BCUT2D eigenvalue weighted by atomic mass is 10.2. The summed E-state index contributed by atoms with van der Waals surface area (Å²) in [6.07, 6.45) is 0.397. The summed E-state index contributed by atoms with van der Waals surface area (Å²) in [7, 11) is 1.48. The SMILES string of the molecule is CC(C)OC[C@H](O)Cn1c(N/N=C\c2ccccc2O)nc2c1c(=O)[nH]c(=O)n2C. The minimum Gasteiger partial charge on any atom is -0.507 e. The molecule has 0 saturated heterocycles. The van der Waals surface area contributed by atoms with Gasteiger partial charge in [-0.25, -0.2) is 10.2 Å². The molecule has 2 aromatic heterocycles. The Kier molecular flexibility index (Phi) is 6.33. The fourth-order valence-electron chi connectivity index (χ4n) is 2.82. The maximum Gasteiger partial charge on any atom is 0.329 e. The lowest BCUT2D eigenvalue weighted by Crippen LogP contribution is -2.30. The Morgan fingerprint density at radius 1 is 1.33 bits per heavy atom. The van der Waals surface area contributed by atoms with Crippen LogP contribution < -0.4 is 16.7 Å². The Hall–Kier alpha value is -3.44. The molecule has 1 aromatic carbocycles. The summed E-state index contributed by atoms with van der Waals surface area (Å²) in [5.74, 6) is 0.198. The zero-order valence-corrected chi connectivity index (χ0v) is 16.9. The van der Waals surface area contributed by atoms with E-state index in [4.69, 9.17) is 4.74 Å². The maximum atomic E-state index is 12.4. The smallest absolute Gasteiger partial charge is 0.329 e. The minimum absolute atomic E-state index is 0.0149. The summed E-state index contributed by atoms with van der Waals surface area (Å²) >= 11 is 0. The van der Waals surface area contributed by atoms with Gasteiger partial charge < -0.3 is 19.5 Å². The van der Waals surface area contributed by atoms with Crippen LogP contribution in [0.1, 0.15) is 19.4 Å². The van der Waals surface area contributed by atoms with Gasteiger partial charge in [-0.3, -0.25) is 14.3 Å². The first-order valence-corrected chi connectivity index (χ1v) is 9.34. The summed E-state index contributed by atoms with van der Waals surface area (Å²) < 4.78 is 8.06. The molecule has 30 heavy (non-hydrogen) atoms. The Balaban J connectivity index is 1.98. The summed E-state index contributed by atoms with van der Waals surface area (Å²) in [5.41, 5.74) is 2.20. The topological polar surface area (TPSA) is 147 Å². The summed E-state index contributed by atoms with van der Waals surface area (Å²) in [6, 6.07) is 6.63. The van der Waals surface area contributed by atoms with E-state index in [0.29, 0.717) is 5.56 Å². The number of aryl methyl sites for hydroxylation is 1. The highest BCUT2D eigenvalue weighted by Gasteiger charge is 2.19. The fourth-order valence-corrected chi connectivity index (χ4v) is 2.82. The first-order chi connectivity index (χ1) is 14.3. The first kappa shape index (κ1) is 21.3. The van der Waals surface area contributed by atoms with Gasteiger partial charge in [0.2, 0.25) is 5.95 Å². The van der Waals surface area contributed by atoms with Crippen LogP contribution >= 0.6 is 0 Å². The summed E-state index contributed by atoms with van der Waals surface area (Å²) in [6.45, 7) is 3.74. The number of anilines is 1. The van der Waals surface area contributed by atoms with Crippen molar-refractivity contribution in [3.8, 4) is 5.75 Å². The lowest BCUT2D eigenvalue weighted by molar-refractivity contribution is -0.000105. The maximum absolute atomic E-state index is 12.4. The number of aliphatic hydroxyl groups is 1. The van der Waals surface area contributed by atoms with Crippen LogP contribution in [-0.4, -0.2) is 54.3 Å². The number of phenolic OH excluding ortho intramolecular Hbond substituents is 1. The van der Waals surface area contributed by atoms with Crippen LogP contribution in [0.15, 0.2) is 39.0 Å². The molecular weight excluding hydrogens is 392 g/mol. The van der Waals surface area contributed by atoms with Crippen LogP contribution in [-0.2, 0) is 18.3 Å². The Labute approximate surface area is 171 Å². The Morgan fingerprint density at radius 2 is 2.07 bits per heavy atom. The first-order valence-electron chi connectivity index (χ1n) is 9.34. The number of imidazole rings is 1. The van der Waals surface area contributed by atoms with Crippen LogP contribution in [0.2, 0.25) is 0 Å². The molecule has 4 N–H and O–H groups in total. The third kappa shape index (κ3) is 4.58. The van der Waals surface area contributed by atoms with Crippen molar-refractivity contribution in [3.05, 3.63) is 50.7 Å². The van der Waals surface area contributed by atoms with Crippen molar-refractivity contribution in [2.45, 2.75) is 32.6 Å². The number of benzene rings is 1. The van der Waals surface area contributed by atoms with E-state index in [1.54, 1.807) is 18.2 Å². The molecule has 11 heteroatoms. The predicted molar refractivity (Wildman–Crippen MR) is 112 cm³/mol. The van der Waals surface area contributed by atoms with E-state index in [9.17, 15) is 19.8 Å². The number of aliphatic hydroxyl groups excluding tert-OH is 1. The molecule has 2 heterocycles. The Morgan fingerprint density at radius 3 is 2.77 bits per heavy atom. The summed E-state index contributed by atoms with van der Waals surface area (Å²) in [4.78, 5) is 30.9. The third-order valence-electron chi connectivity index (χ3n) is 4.33. The summed E-state index contributed by atoms with van der Waals surface area (Å²) in [5, 5.41) is 24.2. The third-order valence-corrected chi connectivity index (χ3v) is 4.33. The zero-order chi connectivity index (χ0) is 21.8. The molecule has 3 rings (SSSR count). The number of fused-ring (bicyclic) bond motifs is 1. The average Bonchev–Trinajstić information content (AvgIpc) is 3.05. The molecular formula is C19H24N6O5. The van der Waals surface area contributed by atoms with Crippen molar-refractivity contribution in [1.29, 1.82) is 0 Å². The molecule has 0 aliphatic carbocycles. The van der Waals surface area contributed by atoms with Gasteiger partial charge >= 0.3 is 5.69 Å². The number of nitrogens with one attached hydrogen (secondary N) is 2. The number of rotatable bonds is 8. The number of aromatic nitrogens is 4. The van der Waals surface area contributed by atoms with Crippen LogP contribution in [0, 0.1) is 0 Å². The highest BCUT2D eigenvalue weighted by atomic mass is 16.5. The number of hydrazone groups is 1. The average molecular weight is 416 g/mol. The normalized spacial score (nSPS) is 12.8. The van der Waals surface area contributed by atoms with Crippen LogP contribution in [0.5, 0.6) is 5.75 Å². The van der Waals surface area contributed by atoms with Crippen LogP contribution in [0.4, 0.5) is 5.95 Å². The van der Waals surface area contributed by atoms with Crippen molar-refractivity contribution >= 4 is 23.3 Å². The lowest BCUT2D eigenvalue weighted by Gasteiger charge is -2.15. The molecule has 0 aliphatic rings. The van der Waals surface area contributed by atoms with Gasteiger partial charge in [0.25, 0.3) is 5.56 Å². The van der Waals surface area contributed by atoms with E-state index in [1.165, 1.54) is 28.5 Å². The number of H-pyrrole nitrogens is 1. The molecule has 3 aromatic rings. The molecule has 0 saturated carbocycles. The molecule has 0 spiro atoms. The van der Waals surface area contributed by atoms with Gasteiger partial charge in [0, 0.05) is 12.6 Å². The van der Waals surface area contributed by atoms with Crippen LogP contribution in [0.25, 0.3) is 11.2 Å². The van der Waals surface area contributed by atoms with Crippen LogP contribution in [0.3, 0.4) is 0 Å². The van der Waals surface area contributed by atoms with E-state index in [0.717, 1.165) is 0 Å². The molecule has 1 atom stereocenters. The van der Waals surface area contributed by atoms with Crippen molar-refractivity contribution in [1.82, 2.24) is 19.1 Å². The number of ether oxygens (including phenoxy) is 1.